The van der Waals surface area contributed by atoms with Crippen LogP contribution in [0.2, 0.25) is 0 Å². The first-order chi connectivity index (χ1) is 8.62. The van der Waals surface area contributed by atoms with Crippen LogP contribution in [0.4, 0.5) is 0 Å². The smallest absolute Gasteiger partial charge is 0.0802 e. The molecule has 1 aliphatic carbocycles. The molecule has 0 aromatic heterocycles. The summed E-state index contributed by atoms with van der Waals surface area (Å²) >= 11 is 5.30. The fraction of sp³-hybridized carbons (Fsp3) is 0.533. The van der Waals surface area contributed by atoms with E-state index in [1.54, 1.807) is 0 Å². The third-order valence-corrected chi connectivity index (χ3v) is 4.38. The Morgan fingerprint density at radius 2 is 1.89 bits per heavy atom. The molecule has 2 rings (SSSR count). The van der Waals surface area contributed by atoms with E-state index in [0.29, 0.717) is 4.99 Å². The molecule has 0 saturated heterocycles. The predicted octanol–water partition coefficient (Wildman–Crippen LogP) is 2.96. The molecule has 1 aromatic carbocycles. The van der Waals surface area contributed by atoms with Crippen LogP contribution in [0.15, 0.2) is 30.3 Å². The maximum atomic E-state index is 5.98. The van der Waals surface area contributed by atoms with E-state index in [4.69, 9.17) is 18.0 Å². The number of nitrogens with two attached hydrogens (primary N) is 1. The molecule has 1 saturated carbocycles. The Morgan fingerprint density at radius 1 is 1.28 bits per heavy atom. The molecule has 2 nitrogen and oxygen atoms in total. The topological polar surface area (TPSA) is 29.3 Å². The molecule has 0 amide bonds. The minimum atomic E-state index is 0.0822. The average Bonchev–Trinajstić information content (AvgIpc) is 2.80. The minimum absolute atomic E-state index is 0.0822. The van der Waals surface area contributed by atoms with Crippen molar-refractivity contribution in [2.24, 2.45) is 11.1 Å². The van der Waals surface area contributed by atoms with Crippen molar-refractivity contribution in [2.45, 2.75) is 32.2 Å². The second kappa shape index (κ2) is 5.81. The van der Waals surface area contributed by atoms with E-state index in [9.17, 15) is 0 Å². The van der Waals surface area contributed by atoms with Gasteiger partial charge in [0.1, 0.15) is 0 Å². The molecule has 1 aliphatic rings. The van der Waals surface area contributed by atoms with E-state index < -0.39 is 0 Å². The number of nitrogens with zero attached hydrogens (tertiary/aromatic N) is 1. The summed E-state index contributed by atoms with van der Waals surface area (Å²) in [6, 6.07) is 10.6. The van der Waals surface area contributed by atoms with Gasteiger partial charge in [-0.3, -0.25) is 0 Å². The van der Waals surface area contributed by atoms with Gasteiger partial charge in [-0.25, -0.2) is 0 Å². The van der Waals surface area contributed by atoms with Crippen LogP contribution in [-0.4, -0.2) is 23.5 Å². The molecular weight excluding hydrogens is 240 g/mol. The number of hydrogen-bond donors (Lipinski definition) is 1. The van der Waals surface area contributed by atoms with Gasteiger partial charge >= 0.3 is 0 Å². The first-order valence-electron chi connectivity index (χ1n) is 6.65. The summed E-state index contributed by atoms with van der Waals surface area (Å²) in [5, 5.41) is 0. The highest BCUT2D eigenvalue weighted by Crippen LogP contribution is 2.39. The minimum Gasteiger partial charge on any atom is -0.393 e. The van der Waals surface area contributed by atoms with Crippen LogP contribution in [0, 0.1) is 5.41 Å². The summed E-state index contributed by atoms with van der Waals surface area (Å²) in [4.78, 5) is 3.06. The number of thiocarbonyl (C=S) groups is 1. The Morgan fingerprint density at radius 3 is 2.44 bits per heavy atom. The first kappa shape index (κ1) is 13.5. The van der Waals surface area contributed by atoms with Crippen molar-refractivity contribution >= 4 is 17.2 Å². The van der Waals surface area contributed by atoms with Crippen molar-refractivity contribution in [3.05, 3.63) is 35.9 Å². The highest BCUT2D eigenvalue weighted by molar-refractivity contribution is 7.80. The summed E-state index contributed by atoms with van der Waals surface area (Å²) in [7, 11) is 2.16. The molecule has 2 N–H and O–H groups in total. The largest absolute Gasteiger partial charge is 0.393 e. The molecule has 98 valence electrons. The summed E-state index contributed by atoms with van der Waals surface area (Å²) in [5.41, 5.74) is 7.40. The van der Waals surface area contributed by atoms with Crippen molar-refractivity contribution in [1.29, 1.82) is 0 Å². The molecule has 1 fully saturated rings. The Balaban J connectivity index is 1.98. The zero-order valence-electron chi connectivity index (χ0n) is 11.1. The van der Waals surface area contributed by atoms with Crippen LogP contribution in [0.1, 0.15) is 31.2 Å². The summed E-state index contributed by atoms with van der Waals surface area (Å²) in [5.74, 6) is 0. The van der Waals surface area contributed by atoms with E-state index >= 15 is 0 Å². The zero-order valence-corrected chi connectivity index (χ0v) is 11.9. The SMILES string of the molecule is CN(Cc1ccccc1)CC1(C(N)=S)CCCC1. The van der Waals surface area contributed by atoms with Crippen molar-refractivity contribution < 1.29 is 0 Å². The lowest BCUT2D eigenvalue weighted by atomic mass is 9.85. The third-order valence-electron chi connectivity index (χ3n) is 3.95. The standard InChI is InChI=1S/C15H22N2S/c1-17(11-13-7-3-2-4-8-13)12-15(14(16)18)9-5-6-10-15/h2-4,7-8H,5-6,9-12H2,1H3,(H2,16,18). The second-order valence-electron chi connectivity index (χ2n) is 5.51. The van der Waals surface area contributed by atoms with Gasteiger partial charge in [-0.2, -0.15) is 0 Å². The van der Waals surface area contributed by atoms with Crippen molar-refractivity contribution in [1.82, 2.24) is 4.90 Å². The van der Waals surface area contributed by atoms with Gasteiger partial charge in [0.2, 0.25) is 0 Å². The molecule has 0 heterocycles. The third kappa shape index (κ3) is 3.09. The Kier molecular flexibility index (Phi) is 4.36. The van der Waals surface area contributed by atoms with Crippen molar-refractivity contribution in [3.8, 4) is 0 Å². The van der Waals surface area contributed by atoms with Gasteiger partial charge in [0.05, 0.1) is 4.99 Å². The van der Waals surface area contributed by atoms with Crippen LogP contribution >= 0.6 is 12.2 Å². The quantitative estimate of drug-likeness (QED) is 0.827. The van der Waals surface area contributed by atoms with Crippen LogP contribution in [0.3, 0.4) is 0 Å². The van der Waals surface area contributed by atoms with Crippen LogP contribution < -0.4 is 5.73 Å². The van der Waals surface area contributed by atoms with Crippen molar-refractivity contribution in [3.63, 3.8) is 0 Å². The van der Waals surface area contributed by atoms with Gasteiger partial charge in [-0.05, 0) is 25.5 Å². The van der Waals surface area contributed by atoms with Crippen LogP contribution in [-0.2, 0) is 6.54 Å². The van der Waals surface area contributed by atoms with Crippen LogP contribution in [0.25, 0.3) is 0 Å². The fourth-order valence-corrected chi connectivity index (χ4v) is 3.27. The predicted molar refractivity (Wildman–Crippen MR) is 80.5 cm³/mol. The molecule has 0 radical (unpaired) electrons. The lowest BCUT2D eigenvalue weighted by molar-refractivity contribution is 0.234. The Labute approximate surface area is 115 Å². The normalized spacial score (nSPS) is 18.1. The van der Waals surface area contributed by atoms with Gasteiger partial charge in [0.25, 0.3) is 0 Å². The highest BCUT2D eigenvalue weighted by Gasteiger charge is 2.37. The molecule has 0 aliphatic heterocycles. The summed E-state index contributed by atoms with van der Waals surface area (Å²) < 4.78 is 0. The second-order valence-corrected chi connectivity index (χ2v) is 5.95. The van der Waals surface area contributed by atoms with Crippen LogP contribution in [0.5, 0.6) is 0 Å². The van der Waals surface area contributed by atoms with Gasteiger partial charge < -0.3 is 10.6 Å². The maximum Gasteiger partial charge on any atom is 0.0802 e. The van der Waals surface area contributed by atoms with E-state index in [1.807, 2.05) is 0 Å². The summed E-state index contributed by atoms with van der Waals surface area (Å²) in [6.07, 6.45) is 4.83. The molecule has 0 bridgehead atoms. The summed E-state index contributed by atoms with van der Waals surface area (Å²) in [6.45, 7) is 1.95. The van der Waals surface area contributed by atoms with Gasteiger partial charge in [-0.15, -0.1) is 0 Å². The average molecular weight is 262 g/mol. The number of benzene rings is 1. The number of hydrogen-bond acceptors (Lipinski definition) is 2. The molecule has 0 unspecified atom stereocenters. The fourth-order valence-electron chi connectivity index (χ4n) is 3.00. The van der Waals surface area contributed by atoms with Gasteiger partial charge in [0.15, 0.2) is 0 Å². The van der Waals surface area contributed by atoms with E-state index in [2.05, 4.69) is 42.3 Å². The lowest BCUT2D eigenvalue weighted by Crippen LogP contribution is -2.42. The molecule has 18 heavy (non-hydrogen) atoms. The van der Waals surface area contributed by atoms with Crippen molar-refractivity contribution in [2.75, 3.05) is 13.6 Å². The van der Waals surface area contributed by atoms with E-state index in [0.717, 1.165) is 25.9 Å². The van der Waals surface area contributed by atoms with E-state index in [-0.39, 0.29) is 5.41 Å². The highest BCUT2D eigenvalue weighted by atomic mass is 32.1. The monoisotopic (exact) mass is 262 g/mol. The molecule has 1 aromatic rings. The Bertz CT molecular complexity index is 396. The molecule has 0 spiro atoms. The lowest BCUT2D eigenvalue weighted by Gasteiger charge is -2.32. The van der Waals surface area contributed by atoms with E-state index in [1.165, 1.54) is 18.4 Å². The number of rotatable bonds is 5. The Hall–Kier alpha value is -0.930. The molecule has 3 heteroatoms. The van der Waals surface area contributed by atoms with Gasteiger partial charge in [-0.1, -0.05) is 55.4 Å². The van der Waals surface area contributed by atoms with Gasteiger partial charge in [0, 0.05) is 18.5 Å². The maximum absolute atomic E-state index is 5.98. The zero-order chi connectivity index (χ0) is 13.0. The molecular formula is C15H22N2S. The first-order valence-corrected chi connectivity index (χ1v) is 7.06. The molecule has 0 atom stereocenters.